The average molecular weight is 321 g/mol. The first kappa shape index (κ1) is 20.9. The van der Waals surface area contributed by atoms with Crippen molar-refractivity contribution < 1.29 is 19.4 Å². The molecule has 0 fully saturated rings. The van der Waals surface area contributed by atoms with Crippen LogP contribution in [0.15, 0.2) is 0 Å². The lowest BCUT2D eigenvalue weighted by atomic mass is 10.1. The van der Waals surface area contributed by atoms with Crippen molar-refractivity contribution in [2.24, 2.45) is 0 Å². The van der Waals surface area contributed by atoms with Gasteiger partial charge < -0.3 is 9.84 Å². The van der Waals surface area contributed by atoms with E-state index >= 15 is 0 Å². The van der Waals surface area contributed by atoms with Crippen LogP contribution >= 0.6 is 0 Å². The highest BCUT2D eigenvalue weighted by atomic mass is 16.5. The minimum Gasteiger partial charge on any atom is -0.472 e. The average Bonchev–Trinajstić information content (AvgIpc) is 2.52. The number of carbonyl (C=O) groups is 2. The third-order valence-corrected chi connectivity index (χ3v) is 3.19. The highest BCUT2D eigenvalue weighted by molar-refractivity contribution is 5.88. The maximum atomic E-state index is 11.2. The summed E-state index contributed by atoms with van der Waals surface area (Å²) < 4.78 is 4.92. The molecule has 0 amide bonds. The number of aliphatic carboxylic acids is 1. The Labute approximate surface area is 139 Å². The molecule has 0 aromatic carbocycles. The summed E-state index contributed by atoms with van der Waals surface area (Å²) in [6, 6.07) is 4.29. The van der Waals surface area contributed by atoms with Gasteiger partial charge in [-0.15, -0.1) is 0 Å². The molecule has 128 valence electrons. The second-order valence-electron chi connectivity index (χ2n) is 5.25. The van der Waals surface area contributed by atoms with Crippen LogP contribution in [0.3, 0.4) is 0 Å². The highest BCUT2D eigenvalue weighted by Gasteiger charge is 1.97. The zero-order valence-electron chi connectivity index (χ0n) is 14.0. The van der Waals surface area contributed by atoms with Gasteiger partial charge >= 0.3 is 11.9 Å². The van der Waals surface area contributed by atoms with Crippen molar-refractivity contribution in [3.8, 4) is 23.9 Å². The number of hydrogen-bond donors (Lipinski definition) is 2. The molecule has 0 aromatic rings. The maximum Gasteiger partial charge on any atom is 0.386 e. The molecule has 0 aromatic heterocycles. The quantitative estimate of drug-likeness (QED) is 0.265. The predicted octanol–water partition coefficient (Wildman–Crippen LogP) is 3.05. The van der Waals surface area contributed by atoms with Crippen LogP contribution in [0.4, 0.5) is 0 Å². The zero-order valence-corrected chi connectivity index (χ0v) is 14.0. The van der Waals surface area contributed by atoms with Gasteiger partial charge in [0, 0.05) is 23.9 Å². The van der Waals surface area contributed by atoms with Crippen molar-refractivity contribution in [3.05, 3.63) is 0 Å². The molecule has 0 spiro atoms. The van der Waals surface area contributed by atoms with E-state index in [4.69, 9.17) is 9.84 Å². The van der Waals surface area contributed by atoms with E-state index in [-0.39, 0.29) is 0 Å². The smallest absolute Gasteiger partial charge is 0.386 e. The lowest BCUT2D eigenvalue weighted by molar-refractivity contribution is -0.136. The lowest BCUT2D eigenvalue weighted by Crippen LogP contribution is -2.05. The Balaban J connectivity index is 3.38. The normalized spacial score (nSPS) is 9.09. The molecule has 0 aliphatic rings. The van der Waals surface area contributed by atoms with Crippen LogP contribution in [-0.4, -0.2) is 23.7 Å². The first-order valence-corrected chi connectivity index (χ1v) is 8.33. The highest BCUT2D eigenvalue weighted by Crippen LogP contribution is 2.10. The standard InChI is InChI=1S/C18H27NO4/c1-2-3-4-5-6-7-8-9-10-11-16-23-18(22)13-15-19-14-12-17(20)21/h19H,2-11,16H2,1H3,(H,20,21). The number of carboxylic acid groups (broad SMARTS) is 1. The fourth-order valence-electron chi connectivity index (χ4n) is 1.99. The van der Waals surface area contributed by atoms with Gasteiger partial charge in [0.15, 0.2) is 0 Å². The number of carbonyl (C=O) groups excluding carboxylic acids is 1. The fourth-order valence-corrected chi connectivity index (χ4v) is 1.99. The second kappa shape index (κ2) is 16.2. The van der Waals surface area contributed by atoms with Crippen LogP contribution in [0.25, 0.3) is 0 Å². The van der Waals surface area contributed by atoms with Gasteiger partial charge in [-0.05, 0) is 6.42 Å². The third-order valence-electron chi connectivity index (χ3n) is 3.19. The number of hydrogen-bond acceptors (Lipinski definition) is 4. The summed E-state index contributed by atoms with van der Waals surface area (Å²) >= 11 is 0. The van der Waals surface area contributed by atoms with E-state index in [9.17, 15) is 9.59 Å². The first-order chi connectivity index (χ1) is 11.2. The van der Waals surface area contributed by atoms with E-state index in [0.29, 0.717) is 6.61 Å². The Hall–Kier alpha value is -2.14. The molecule has 2 N–H and O–H groups in total. The number of unbranched alkanes of at least 4 members (excludes halogenated alkanes) is 9. The van der Waals surface area contributed by atoms with Crippen LogP contribution in [0, 0.1) is 23.9 Å². The molecule has 0 saturated carbocycles. The minimum absolute atomic E-state index is 0.366. The van der Waals surface area contributed by atoms with Crippen LogP contribution < -0.4 is 5.32 Å². The SMILES string of the molecule is CCCCCCCCCCCCOC(=O)C#CNC#CC(=O)O. The Morgan fingerprint density at radius 2 is 1.39 bits per heavy atom. The van der Waals surface area contributed by atoms with Crippen molar-refractivity contribution in [2.45, 2.75) is 71.1 Å². The van der Waals surface area contributed by atoms with Gasteiger partial charge in [-0.3, -0.25) is 5.32 Å². The molecule has 0 saturated heterocycles. The van der Waals surface area contributed by atoms with Crippen molar-refractivity contribution in [2.75, 3.05) is 6.61 Å². The molecule has 0 aliphatic heterocycles. The number of nitrogens with one attached hydrogen (secondary N) is 1. The van der Waals surface area contributed by atoms with E-state index < -0.39 is 11.9 Å². The number of esters is 1. The molecule has 0 aliphatic carbocycles. The largest absolute Gasteiger partial charge is 0.472 e. The van der Waals surface area contributed by atoms with E-state index in [0.717, 1.165) is 12.8 Å². The lowest BCUT2D eigenvalue weighted by Gasteiger charge is -2.02. The van der Waals surface area contributed by atoms with Crippen molar-refractivity contribution >= 4 is 11.9 Å². The van der Waals surface area contributed by atoms with E-state index in [1.807, 2.05) is 5.92 Å². The topological polar surface area (TPSA) is 75.6 Å². The summed E-state index contributed by atoms with van der Waals surface area (Å²) in [7, 11) is 0. The van der Waals surface area contributed by atoms with Crippen molar-refractivity contribution in [1.82, 2.24) is 5.32 Å². The summed E-state index contributed by atoms with van der Waals surface area (Å²) in [5, 5.41) is 10.4. The molecule has 23 heavy (non-hydrogen) atoms. The van der Waals surface area contributed by atoms with E-state index in [1.54, 1.807) is 0 Å². The maximum absolute atomic E-state index is 11.2. The van der Waals surface area contributed by atoms with E-state index in [2.05, 4.69) is 30.2 Å². The van der Waals surface area contributed by atoms with Gasteiger partial charge in [-0.2, -0.15) is 0 Å². The molecule has 0 rings (SSSR count). The van der Waals surface area contributed by atoms with Crippen LogP contribution in [0.2, 0.25) is 0 Å². The van der Waals surface area contributed by atoms with Gasteiger partial charge in [-0.25, -0.2) is 9.59 Å². The molecular weight excluding hydrogens is 294 g/mol. The van der Waals surface area contributed by atoms with Crippen molar-refractivity contribution in [3.63, 3.8) is 0 Å². The Morgan fingerprint density at radius 1 is 0.870 bits per heavy atom. The van der Waals surface area contributed by atoms with Crippen molar-refractivity contribution in [1.29, 1.82) is 0 Å². The summed E-state index contributed by atoms with van der Waals surface area (Å²) in [4.78, 5) is 21.3. The minimum atomic E-state index is -1.26. The summed E-state index contributed by atoms with van der Waals surface area (Å²) in [5.41, 5.74) is 0. The molecule has 5 heteroatoms. The van der Waals surface area contributed by atoms with Gasteiger partial charge in [0.25, 0.3) is 0 Å². The monoisotopic (exact) mass is 321 g/mol. The van der Waals surface area contributed by atoms with Gasteiger partial charge in [0.2, 0.25) is 0 Å². The third kappa shape index (κ3) is 17.8. The summed E-state index contributed by atoms with van der Waals surface area (Å²) in [5.74, 6) is 2.09. The van der Waals surface area contributed by atoms with Crippen LogP contribution in [0.1, 0.15) is 71.1 Å². The van der Waals surface area contributed by atoms with Gasteiger partial charge in [-0.1, -0.05) is 64.7 Å². The summed E-state index contributed by atoms with van der Waals surface area (Å²) in [6.07, 6.45) is 12.2. The molecule has 0 unspecified atom stereocenters. The van der Waals surface area contributed by atoms with Gasteiger partial charge in [0.1, 0.15) is 0 Å². The molecule has 0 atom stereocenters. The predicted molar refractivity (Wildman–Crippen MR) is 89.1 cm³/mol. The Kier molecular flexibility index (Phi) is 14.7. The fraction of sp³-hybridized carbons (Fsp3) is 0.667. The molecular formula is C18H27NO4. The van der Waals surface area contributed by atoms with Gasteiger partial charge in [0.05, 0.1) is 6.61 Å². The van der Waals surface area contributed by atoms with Crippen LogP contribution in [-0.2, 0) is 14.3 Å². The second-order valence-corrected chi connectivity index (χ2v) is 5.25. The van der Waals surface area contributed by atoms with Crippen LogP contribution in [0.5, 0.6) is 0 Å². The molecule has 5 nitrogen and oxygen atoms in total. The Morgan fingerprint density at radius 3 is 1.96 bits per heavy atom. The summed E-state index contributed by atoms with van der Waals surface area (Å²) in [6.45, 7) is 2.59. The number of carboxylic acids is 1. The number of ether oxygens (including phenoxy) is 1. The molecule has 0 bridgehead atoms. The van der Waals surface area contributed by atoms with E-state index in [1.165, 1.54) is 51.4 Å². The molecule has 0 heterocycles. The first-order valence-electron chi connectivity index (χ1n) is 8.33. The molecule has 0 radical (unpaired) electrons. The number of rotatable bonds is 11. The zero-order chi connectivity index (χ0) is 17.2. The Bertz CT molecular complexity index is 451.